The molecule has 3 fully saturated rings. The number of piperazine rings is 1. The van der Waals surface area contributed by atoms with Crippen LogP contribution < -0.4 is 15.0 Å². The Balaban J connectivity index is 1.10. The number of alkyl halides is 2. The molecule has 0 spiro atoms. The second-order valence-electron chi connectivity index (χ2n) is 12.0. The summed E-state index contributed by atoms with van der Waals surface area (Å²) in [6.07, 6.45) is -1.60. The molecule has 46 heavy (non-hydrogen) atoms. The highest BCUT2D eigenvalue weighted by Gasteiger charge is 2.51. The van der Waals surface area contributed by atoms with E-state index in [2.05, 4.69) is 42.2 Å². The smallest absolute Gasteiger partial charge is 0.301 e. The number of aromatic nitrogens is 3. The Morgan fingerprint density at radius 2 is 1.89 bits per heavy atom. The molecule has 242 valence electrons. The maximum Gasteiger partial charge on any atom is 0.301 e. The molecule has 0 radical (unpaired) electrons. The average molecular weight is 635 g/mol. The fraction of sp³-hybridized carbons (Fsp3) is 0.469. The first-order valence-corrected chi connectivity index (χ1v) is 15.3. The van der Waals surface area contributed by atoms with E-state index in [1.165, 1.54) is 25.4 Å². The van der Waals surface area contributed by atoms with Gasteiger partial charge in [0, 0.05) is 55.6 Å². The zero-order chi connectivity index (χ0) is 32.4. The lowest BCUT2D eigenvalue weighted by Gasteiger charge is -2.43. The molecule has 0 aliphatic carbocycles. The van der Waals surface area contributed by atoms with Crippen LogP contribution in [0.15, 0.2) is 48.8 Å². The zero-order valence-corrected chi connectivity index (χ0v) is 25.6. The van der Waals surface area contributed by atoms with Crippen molar-refractivity contribution >= 4 is 23.2 Å². The van der Waals surface area contributed by atoms with E-state index in [1.807, 2.05) is 18.2 Å². The number of hydrogen-bond acceptors (Lipinski definition) is 11. The molecule has 0 saturated carbocycles. The van der Waals surface area contributed by atoms with E-state index in [1.54, 1.807) is 13.0 Å². The van der Waals surface area contributed by atoms with Crippen LogP contribution in [0.25, 0.3) is 11.4 Å². The van der Waals surface area contributed by atoms with Gasteiger partial charge in [0.2, 0.25) is 5.95 Å². The number of halogens is 2. The number of amides is 1. The largest absolute Gasteiger partial charge is 0.482 e. The SMILES string of the molecule is CC(O)C(=O)N1CC(C)C(Oc2ccc(-c3ncnc(Nc4ccc(N5CCN(C6COC6)CC5)cc4)n3)cc2C#N)C(F)(F)C1. The number of piperidine rings is 1. The fourth-order valence-corrected chi connectivity index (χ4v) is 6.06. The topological polar surface area (TPSA) is 140 Å². The summed E-state index contributed by atoms with van der Waals surface area (Å²) in [5.74, 6) is -4.35. The van der Waals surface area contributed by atoms with E-state index >= 15 is 8.78 Å². The molecule has 6 rings (SSSR count). The Kier molecular flexibility index (Phi) is 8.99. The fourth-order valence-electron chi connectivity index (χ4n) is 6.06. The molecule has 4 heterocycles. The summed E-state index contributed by atoms with van der Waals surface area (Å²) in [5, 5.41) is 22.6. The number of hydrogen-bond donors (Lipinski definition) is 2. The number of rotatable bonds is 8. The minimum atomic E-state index is -3.40. The lowest BCUT2D eigenvalue weighted by atomic mass is 9.92. The molecule has 1 aromatic heterocycles. The van der Waals surface area contributed by atoms with Gasteiger partial charge in [-0.2, -0.15) is 10.2 Å². The van der Waals surface area contributed by atoms with Gasteiger partial charge in [0.05, 0.1) is 31.4 Å². The predicted octanol–water partition coefficient (Wildman–Crippen LogP) is 2.92. The summed E-state index contributed by atoms with van der Waals surface area (Å²) < 4.78 is 41.3. The van der Waals surface area contributed by atoms with Gasteiger partial charge in [-0.15, -0.1) is 0 Å². The zero-order valence-electron chi connectivity index (χ0n) is 25.6. The van der Waals surface area contributed by atoms with Crippen molar-refractivity contribution in [2.75, 3.05) is 62.7 Å². The molecule has 3 atom stereocenters. The molecule has 12 nitrogen and oxygen atoms in total. The van der Waals surface area contributed by atoms with Crippen molar-refractivity contribution < 1.29 is 28.2 Å². The van der Waals surface area contributed by atoms with Crippen molar-refractivity contribution in [3.63, 3.8) is 0 Å². The normalized spacial score (nSPS) is 22.4. The van der Waals surface area contributed by atoms with Crippen LogP contribution in [0.5, 0.6) is 5.75 Å². The second kappa shape index (κ2) is 13.1. The number of carbonyl (C=O) groups is 1. The summed E-state index contributed by atoms with van der Waals surface area (Å²) in [4.78, 5) is 30.9. The molecule has 0 bridgehead atoms. The molecule has 3 aromatic rings. The Morgan fingerprint density at radius 1 is 1.15 bits per heavy atom. The van der Waals surface area contributed by atoms with Crippen LogP contribution >= 0.6 is 0 Å². The monoisotopic (exact) mass is 634 g/mol. The lowest BCUT2D eigenvalue weighted by molar-refractivity contribution is -0.177. The Bertz CT molecular complexity index is 1590. The number of nitrogens with zero attached hydrogens (tertiary/aromatic N) is 7. The molecule has 1 amide bonds. The van der Waals surface area contributed by atoms with Crippen molar-refractivity contribution in [2.24, 2.45) is 5.92 Å². The van der Waals surface area contributed by atoms with E-state index in [-0.39, 0.29) is 23.7 Å². The van der Waals surface area contributed by atoms with Crippen LogP contribution in [0.4, 0.5) is 26.1 Å². The Labute approximate surface area is 265 Å². The predicted molar refractivity (Wildman–Crippen MR) is 165 cm³/mol. The van der Waals surface area contributed by atoms with Gasteiger partial charge in [0.25, 0.3) is 5.91 Å². The van der Waals surface area contributed by atoms with Crippen LogP contribution in [0.1, 0.15) is 19.4 Å². The first kappa shape index (κ1) is 31.5. The molecule has 3 unspecified atom stereocenters. The van der Waals surface area contributed by atoms with Gasteiger partial charge in [-0.1, -0.05) is 6.92 Å². The first-order chi connectivity index (χ1) is 22.1. The molecule has 3 aliphatic rings. The van der Waals surface area contributed by atoms with Gasteiger partial charge in [-0.25, -0.2) is 18.7 Å². The maximum atomic E-state index is 15.1. The molecule has 3 aliphatic heterocycles. The minimum Gasteiger partial charge on any atom is -0.482 e. The lowest BCUT2D eigenvalue weighted by Crippen LogP contribution is -2.60. The summed E-state index contributed by atoms with van der Waals surface area (Å²) in [5.41, 5.74) is 2.46. The van der Waals surface area contributed by atoms with Crippen molar-refractivity contribution in [1.29, 1.82) is 5.26 Å². The summed E-state index contributed by atoms with van der Waals surface area (Å²) in [6, 6.07) is 15.1. The number of aliphatic hydroxyl groups is 1. The van der Waals surface area contributed by atoms with Crippen LogP contribution in [0.2, 0.25) is 0 Å². The Hall–Kier alpha value is -4.45. The van der Waals surface area contributed by atoms with E-state index in [9.17, 15) is 15.2 Å². The third-order valence-corrected chi connectivity index (χ3v) is 8.64. The van der Waals surface area contributed by atoms with Crippen molar-refractivity contribution in [3.8, 4) is 23.2 Å². The van der Waals surface area contributed by atoms with Gasteiger partial charge in [0.1, 0.15) is 24.3 Å². The molecule has 2 aromatic carbocycles. The first-order valence-electron chi connectivity index (χ1n) is 15.3. The van der Waals surface area contributed by atoms with Crippen molar-refractivity contribution in [2.45, 2.75) is 38.0 Å². The van der Waals surface area contributed by atoms with Crippen LogP contribution in [0.3, 0.4) is 0 Å². The van der Waals surface area contributed by atoms with Gasteiger partial charge in [0.15, 0.2) is 11.9 Å². The van der Waals surface area contributed by atoms with Crippen molar-refractivity contribution in [3.05, 3.63) is 54.4 Å². The summed E-state index contributed by atoms with van der Waals surface area (Å²) in [7, 11) is 0. The number of benzene rings is 2. The van der Waals surface area contributed by atoms with Gasteiger partial charge in [-0.05, 0) is 49.4 Å². The minimum absolute atomic E-state index is 0.0101. The van der Waals surface area contributed by atoms with Gasteiger partial charge >= 0.3 is 5.92 Å². The number of carbonyl (C=O) groups excluding carboxylic acids is 1. The van der Waals surface area contributed by atoms with Gasteiger partial charge < -0.3 is 29.7 Å². The van der Waals surface area contributed by atoms with E-state index in [0.717, 1.165) is 55.7 Å². The number of aliphatic hydroxyl groups excluding tert-OH is 1. The van der Waals surface area contributed by atoms with E-state index < -0.39 is 36.5 Å². The number of nitrogens with one attached hydrogen (secondary N) is 1. The Morgan fingerprint density at radius 3 is 2.52 bits per heavy atom. The highest BCUT2D eigenvalue weighted by atomic mass is 19.3. The third-order valence-electron chi connectivity index (χ3n) is 8.64. The van der Waals surface area contributed by atoms with Crippen LogP contribution in [0, 0.1) is 17.2 Å². The van der Waals surface area contributed by atoms with Crippen LogP contribution in [-0.2, 0) is 9.53 Å². The quantitative estimate of drug-likeness (QED) is 0.378. The van der Waals surface area contributed by atoms with Crippen molar-refractivity contribution in [1.82, 2.24) is 24.8 Å². The molecular weight excluding hydrogens is 598 g/mol. The molecule has 2 N–H and O–H groups in total. The standard InChI is InChI=1S/C32H36F2N8O4/c1-20-15-42(30(44)21(2)43)18-32(33,34)28(20)46-27-8-3-22(13-23(27)14-35)29-36-19-37-31(39-29)38-24-4-6-25(7-5-24)40-9-11-41(12-10-40)26-16-45-17-26/h3-8,13,19-21,26,28,43H,9-12,15-18H2,1-2H3,(H,36,37,38,39). The van der Waals surface area contributed by atoms with Crippen LogP contribution in [-0.4, -0.2) is 112 Å². The number of likely N-dealkylation sites (tertiary alicyclic amines) is 1. The number of ether oxygens (including phenoxy) is 2. The van der Waals surface area contributed by atoms with E-state index in [4.69, 9.17) is 9.47 Å². The third kappa shape index (κ3) is 6.72. The highest BCUT2D eigenvalue weighted by Crippen LogP contribution is 2.36. The highest BCUT2D eigenvalue weighted by molar-refractivity contribution is 5.80. The summed E-state index contributed by atoms with van der Waals surface area (Å²) >= 11 is 0. The number of anilines is 3. The molecule has 3 saturated heterocycles. The second-order valence-corrected chi connectivity index (χ2v) is 12.0. The molecule has 14 heteroatoms. The summed E-state index contributed by atoms with van der Waals surface area (Å²) in [6.45, 7) is 7.49. The van der Waals surface area contributed by atoms with Gasteiger partial charge in [-0.3, -0.25) is 9.69 Å². The maximum absolute atomic E-state index is 15.1. The number of nitriles is 1. The average Bonchev–Trinajstić information content (AvgIpc) is 3.02. The molecular formula is C32H36F2N8O4. The van der Waals surface area contributed by atoms with E-state index in [0.29, 0.717) is 17.6 Å².